The van der Waals surface area contributed by atoms with E-state index in [1.54, 1.807) is 0 Å². The Morgan fingerprint density at radius 1 is 0.408 bits per heavy atom. The summed E-state index contributed by atoms with van der Waals surface area (Å²) in [7, 11) is 0. The number of anilines is 3. The molecule has 0 aliphatic heterocycles. The molecule has 9 aromatic rings. The van der Waals surface area contributed by atoms with Crippen LogP contribution in [0.2, 0.25) is 0 Å². The summed E-state index contributed by atoms with van der Waals surface area (Å²) in [6.07, 6.45) is 0. The van der Waals surface area contributed by atoms with Gasteiger partial charge in [-0.25, -0.2) is 0 Å². The lowest BCUT2D eigenvalue weighted by atomic mass is 9.82. The molecule has 0 unspecified atom stereocenters. The van der Waals surface area contributed by atoms with Crippen molar-refractivity contribution >= 4 is 70.1 Å². The second-order valence-corrected chi connectivity index (χ2v) is 14.9. The average molecular weight is 644 g/mol. The van der Waals surface area contributed by atoms with Gasteiger partial charge in [0.2, 0.25) is 0 Å². The molecule has 10 rings (SSSR count). The lowest BCUT2D eigenvalue weighted by Gasteiger charge is -2.27. The number of nitrogens with zero attached hydrogens (tertiary/aromatic N) is 1. The van der Waals surface area contributed by atoms with Crippen LogP contribution < -0.4 is 4.90 Å². The Labute approximate surface area is 290 Å². The van der Waals surface area contributed by atoms with Crippen molar-refractivity contribution in [2.24, 2.45) is 0 Å². The van der Waals surface area contributed by atoms with Crippen LogP contribution in [0.5, 0.6) is 0 Å². The van der Waals surface area contributed by atoms with Gasteiger partial charge in [-0.2, -0.15) is 0 Å². The maximum Gasteiger partial charge on any atom is 0.0468 e. The van der Waals surface area contributed by atoms with Gasteiger partial charge in [0.05, 0.1) is 0 Å². The maximum absolute atomic E-state index is 2.42. The number of hydrogen-bond acceptors (Lipinski definition) is 2. The van der Waals surface area contributed by atoms with Crippen LogP contribution in [0.15, 0.2) is 164 Å². The van der Waals surface area contributed by atoms with E-state index in [4.69, 9.17) is 0 Å². The molecule has 0 saturated carbocycles. The Bertz CT molecular complexity index is 2750. The monoisotopic (exact) mass is 643 g/mol. The number of fused-ring (bicyclic) bond motifs is 8. The van der Waals surface area contributed by atoms with Gasteiger partial charge in [0.1, 0.15) is 0 Å². The van der Waals surface area contributed by atoms with Crippen LogP contribution in [0, 0.1) is 0 Å². The predicted molar refractivity (Wildman–Crippen MR) is 212 cm³/mol. The van der Waals surface area contributed by atoms with Crippen molar-refractivity contribution < 1.29 is 0 Å². The molecule has 0 N–H and O–H groups in total. The zero-order chi connectivity index (χ0) is 32.7. The smallest absolute Gasteiger partial charge is 0.0468 e. The van der Waals surface area contributed by atoms with E-state index in [-0.39, 0.29) is 5.41 Å². The van der Waals surface area contributed by atoms with Gasteiger partial charge < -0.3 is 4.90 Å². The normalized spacial score (nSPS) is 13.3. The molecule has 0 saturated heterocycles. The third-order valence-corrected chi connectivity index (χ3v) is 11.7. The largest absolute Gasteiger partial charge is 0.310 e. The van der Waals surface area contributed by atoms with Gasteiger partial charge in [-0.15, -0.1) is 11.3 Å². The highest BCUT2D eigenvalue weighted by atomic mass is 32.1. The molecular weight excluding hydrogens is 611 g/mol. The summed E-state index contributed by atoms with van der Waals surface area (Å²) in [5, 5.41) is 7.71. The molecule has 1 heterocycles. The Balaban J connectivity index is 1.13. The summed E-state index contributed by atoms with van der Waals surface area (Å²) in [4.78, 5) is 2.42. The summed E-state index contributed by atoms with van der Waals surface area (Å²) in [6, 6.07) is 60.8. The summed E-state index contributed by atoms with van der Waals surface area (Å²) in [5.41, 5.74) is 11.3. The molecule has 1 nitrogen and oxygen atoms in total. The minimum atomic E-state index is -0.0324. The van der Waals surface area contributed by atoms with Crippen molar-refractivity contribution in [1.29, 1.82) is 0 Å². The molecule has 0 bridgehead atoms. The topological polar surface area (TPSA) is 3.24 Å². The molecule has 8 aromatic carbocycles. The third kappa shape index (κ3) is 4.45. The van der Waals surface area contributed by atoms with Gasteiger partial charge in [-0.05, 0) is 116 Å². The van der Waals surface area contributed by atoms with E-state index in [9.17, 15) is 0 Å². The van der Waals surface area contributed by atoms with Crippen molar-refractivity contribution in [1.82, 2.24) is 0 Å². The van der Waals surface area contributed by atoms with Crippen LogP contribution in [0.3, 0.4) is 0 Å². The van der Waals surface area contributed by atoms with Gasteiger partial charge >= 0.3 is 0 Å². The van der Waals surface area contributed by atoms with Gasteiger partial charge in [-0.3, -0.25) is 0 Å². The highest BCUT2D eigenvalue weighted by Crippen LogP contribution is 2.51. The Morgan fingerprint density at radius 2 is 1.06 bits per heavy atom. The fourth-order valence-electron chi connectivity index (χ4n) is 8.06. The molecular formula is C47H33NS. The third-order valence-electron chi connectivity index (χ3n) is 10.6. The number of hydrogen-bond donors (Lipinski definition) is 0. The molecule has 0 spiro atoms. The van der Waals surface area contributed by atoms with E-state index in [2.05, 4.69) is 183 Å². The SMILES string of the molecule is CC1(C)c2ccccc2-c2cc(N(c3ccc(-c4ccc5ccccc5c4)cc3)c3ccc4cc5c(cc4c3)sc3ccccc35)ccc21. The lowest BCUT2D eigenvalue weighted by Crippen LogP contribution is -2.15. The van der Waals surface area contributed by atoms with Gasteiger partial charge in [0, 0.05) is 42.6 Å². The molecule has 1 aromatic heterocycles. The Morgan fingerprint density at radius 3 is 1.96 bits per heavy atom. The second-order valence-electron chi connectivity index (χ2n) is 13.8. The molecule has 0 amide bonds. The number of benzene rings is 8. The van der Waals surface area contributed by atoms with E-state index in [1.165, 1.54) is 75.1 Å². The van der Waals surface area contributed by atoms with Crippen LogP contribution in [0.1, 0.15) is 25.0 Å². The van der Waals surface area contributed by atoms with Crippen molar-refractivity contribution in [3.63, 3.8) is 0 Å². The molecule has 232 valence electrons. The first kappa shape index (κ1) is 28.3. The summed E-state index contributed by atoms with van der Waals surface area (Å²) < 4.78 is 2.66. The number of rotatable bonds is 4. The fraction of sp³-hybridized carbons (Fsp3) is 0.0638. The van der Waals surface area contributed by atoms with E-state index in [1.807, 2.05) is 11.3 Å². The van der Waals surface area contributed by atoms with Crippen molar-refractivity contribution in [2.45, 2.75) is 19.3 Å². The molecule has 1 aliphatic rings. The Kier molecular flexibility index (Phi) is 6.16. The average Bonchev–Trinajstić information content (AvgIpc) is 3.61. The quantitative estimate of drug-likeness (QED) is 0.184. The zero-order valence-electron chi connectivity index (χ0n) is 27.4. The maximum atomic E-state index is 2.42. The van der Waals surface area contributed by atoms with Crippen molar-refractivity contribution in [2.75, 3.05) is 4.90 Å². The van der Waals surface area contributed by atoms with Crippen LogP contribution in [-0.4, -0.2) is 0 Å². The van der Waals surface area contributed by atoms with Crippen LogP contribution in [-0.2, 0) is 5.41 Å². The van der Waals surface area contributed by atoms with Gasteiger partial charge in [-0.1, -0.05) is 117 Å². The molecule has 1 aliphatic carbocycles. The highest BCUT2D eigenvalue weighted by molar-refractivity contribution is 7.25. The van der Waals surface area contributed by atoms with E-state index < -0.39 is 0 Å². The lowest BCUT2D eigenvalue weighted by molar-refractivity contribution is 0.660. The fourth-order valence-corrected chi connectivity index (χ4v) is 9.20. The molecule has 0 fully saturated rings. The minimum Gasteiger partial charge on any atom is -0.310 e. The van der Waals surface area contributed by atoms with E-state index in [0.717, 1.165) is 17.1 Å². The minimum absolute atomic E-state index is 0.0324. The summed E-state index contributed by atoms with van der Waals surface area (Å²) in [6.45, 7) is 4.69. The van der Waals surface area contributed by atoms with Gasteiger partial charge in [0.25, 0.3) is 0 Å². The zero-order valence-corrected chi connectivity index (χ0v) is 28.3. The first-order valence-electron chi connectivity index (χ1n) is 17.0. The van der Waals surface area contributed by atoms with Crippen molar-refractivity contribution in [3.05, 3.63) is 175 Å². The number of thiophene rings is 1. The molecule has 2 heteroatoms. The second kappa shape index (κ2) is 10.7. The summed E-state index contributed by atoms with van der Waals surface area (Å²) in [5.74, 6) is 0. The van der Waals surface area contributed by atoms with E-state index >= 15 is 0 Å². The van der Waals surface area contributed by atoms with Crippen molar-refractivity contribution in [3.8, 4) is 22.3 Å². The molecule has 49 heavy (non-hydrogen) atoms. The molecule has 0 radical (unpaired) electrons. The standard InChI is InChI=1S/C47H33NS/c1-47(2)43-13-7-5-11-39(43)41-29-38(23-24-44(41)47)48(36-20-17-31(18-21-36)33-16-15-30-9-3-4-10-32(30)25-33)37-22-19-34-27-42-40-12-6-8-14-45(40)49-46(42)28-35(34)26-37/h3-29H,1-2H3. The van der Waals surface area contributed by atoms with Crippen LogP contribution in [0.4, 0.5) is 17.1 Å². The van der Waals surface area contributed by atoms with Crippen LogP contribution >= 0.6 is 11.3 Å². The first-order valence-corrected chi connectivity index (χ1v) is 17.8. The first-order chi connectivity index (χ1) is 24.0. The Hall–Kier alpha value is -5.70. The molecule has 0 atom stereocenters. The van der Waals surface area contributed by atoms with E-state index in [0.29, 0.717) is 0 Å². The predicted octanol–water partition coefficient (Wildman–Crippen LogP) is 13.8. The van der Waals surface area contributed by atoms with Gasteiger partial charge in [0.15, 0.2) is 0 Å². The highest BCUT2D eigenvalue weighted by Gasteiger charge is 2.35. The van der Waals surface area contributed by atoms with Crippen LogP contribution in [0.25, 0.3) is 64.0 Å². The summed E-state index contributed by atoms with van der Waals surface area (Å²) >= 11 is 1.88.